The first-order valence-corrected chi connectivity index (χ1v) is 4.35. The molecule has 1 atom stereocenters. The molecule has 2 aromatic rings. The van der Waals surface area contributed by atoms with Crippen LogP contribution in [0.25, 0.3) is 5.65 Å². The number of nitrogens with zero attached hydrogens (tertiary/aromatic N) is 3. The normalized spacial score (nSPS) is 12.9. The largest absolute Gasteiger partial charge is 0.481 e. The Balaban J connectivity index is 2.39. The molecule has 0 fully saturated rings. The number of hydrogen-bond acceptors (Lipinski definition) is 4. The molecule has 0 saturated carbocycles. The van der Waals surface area contributed by atoms with E-state index in [1.165, 1.54) is 12.4 Å². The second-order valence-electron chi connectivity index (χ2n) is 3.10. The zero-order valence-corrected chi connectivity index (χ0v) is 7.74. The maximum Gasteiger partial charge on any atom is 0.306 e. The highest BCUT2D eigenvalue weighted by Gasteiger charge is 2.16. The minimum Gasteiger partial charge on any atom is -0.481 e. The molecule has 6 heteroatoms. The molecule has 0 saturated heterocycles. The number of carbonyl (C=O) groups is 1. The predicted molar refractivity (Wildman–Crippen MR) is 50.2 cm³/mol. The third-order valence-electron chi connectivity index (χ3n) is 2.06. The van der Waals surface area contributed by atoms with Gasteiger partial charge in [-0.1, -0.05) is 0 Å². The second-order valence-corrected chi connectivity index (χ2v) is 3.10. The van der Waals surface area contributed by atoms with Crippen LogP contribution in [0.3, 0.4) is 0 Å². The van der Waals surface area contributed by atoms with Gasteiger partial charge in [0.2, 0.25) is 0 Å². The van der Waals surface area contributed by atoms with E-state index in [2.05, 4.69) is 9.97 Å². The quantitative estimate of drug-likeness (QED) is 0.752. The van der Waals surface area contributed by atoms with E-state index in [4.69, 9.17) is 5.11 Å². The average Bonchev–Trinajstić information content (AvgIpc) is 2.59. The number of imidazole rings is 1. The summed E-state index contributed by atoms with van der Waals surface area (Å²) in [6, 6.07) is 0. The Kier molecular flexibility index (Phi) is 2.34. The van der Waals surface area contributed by atoms with Crippen molar-refractivity contribution in [2.45, 2.75) is 12.5 Å². The van der Waals surface area contributed by atoms with E-state index < -0.39 is 12.1 Å². The van der Waals surface area contributed by atoms with E-state index >= 15 is 0 Å². The van der Waals surface area contributed by atoms with E-state index in [9.17, 15) is 9.90 Å². The van der Waals surface area contributed by atoms with Gasteiger partial charge in [0.05, 0.1) is 24.5 Å². The molecule has 0 spiro atoms. The lowest BCUT2D eigenvalue weighted by molar-refractivity contribution is -0.139. The first-order chi connectivity index (χ1) is 7.18. The van der Waals surface area contributed by atoms with E-state index in [0.29, 0.717) is 11.3 Å². The summed E-state index contributed by atoms with van der Waals surface area (Å²) in [4.78, 5) is 18.3. The monoisotopic (exact) mass is 207 g/mol. The minimum atomic E-state index is -1.06. The zero-order chi connectivity index (χ0) is 10.8. The Labute approximate surface area is 84.8 Å². The fraction of sp³-hybridized carbons (Fsp3) is 0.222. The van der Waals surface area contributed by atoms with E-state index in [0.717, 1.165) is 0 Å². The summed E-state index contributed by atoms with van der Waals surface area (Å²) in [7, 11) is 0. The van der Waals surface area contributed by atoms with Gasteiger partial charge in [0.25, 0.3) is 0 Å². The maximum atomic E-state index is 10.4. The maximum absolute atomic E-state index is 10.4. The number of hydrogen-bond donors (Lipinski definition) is 2. The van der Waals surface area contributed by atoms with Gasteiger partial charge in [0, 0.05) is 12.4 Å². The first-order valence-electron chi connectivity index (χ1n) is 4.35. The van der Waals surface area contributed by atoms with Crippen molar-refractivity contribution in [1.82, 2.24) is 14.4 Å². The molecule has 2 N–H and O–H groups in total. The van der Waals surface area contributed by atoms with Crippen molar-refractivity contribution in [3.05, 3.63) is 30.5 Å². The van der Waals surface area contributed by atoms with Gasteiger partial charge >= 0.3 is 5.97 Å². The standard InChI is InChI=1S/C9H9N3O3/c13-7(3-9(14)15)6-4-11-8-5-10-1-2-12(6)8/h1-2,4-5,7,13H,3H2,(H,14,15). The van der Waals surface area contributed by atoms with Crippen LogP contribution in [-0.4, -0.2) is 30.6 Å². The molecule has 0 aliphatic rings. The van der Waals surface area contributed by atoms with Crippen LogP contribution in [0.1, 0.15) is 18.2 Å². The zero-order valence-electron chi connectivity index (χ0n) is 7.74. The second kappa shape index (κ2) is 3.66. The molecule has 0 radical (unpaired) electrons. The molecular weight excluding hydrogens is 198 g/mol. The Hall–Kier alpha value is -1.95. The van der Waals surface area contributed by atoms with Gasteiger partial charge in [0.15, 0.2) is 5.65 Å². The van der Waals surface area contributed by atoms with E-state index in [1.54, 1.807) is 16.8 Å². The van der Waals surface area contributed by atoms with E-state index in [-0.39, 0.29) is 6.42 Å². The van der Waals surface area contributed by atoms with Gasteiger partial charge in [-0.3, -0.25) is 14.2 Å². The van der Waals surface area contributed by atoms with Crippen LogP contribution in [0.4, 0.5) is 0 Å². The molecule has 78 valence electrons. The van der Waals surface area contributed by atoms with Crippen molar-refractivity contribution in [2.24, 2.45) is 0 Å². The third-order valence-corrected chi connectivity index (χ3v) is 2.06. The predicted octanol–water partition coefficient (Wildman–Crippen LogP) is 0.237. The Morgan fingerprint density at radius 2 is 2.33 bits per heavy atom. The van der Waals surface area contributed by atoms with Crippen LogP contribution in [0.15, 0.2) is 24.8 Å². The Morgan fingerprint density at radius 1 is 1.53 bits per heavy atom. The Bertz CT molecular complexity index is 494. The molecule has 2 heterocycles. The summed E-state index contributed by atoms with van der Waals surface area (Å²) < 4.78 is 1.61. The number of rotatable bonds is 3. The fourth-order valence-electron chi connectivity index (χ4n) is 1.38. The highest BCUT2D eigenvalue weighted by molar-refractivity contribution is 5.67. The molecule has 0 amide bonds. The molecule has 0 aromatic carbocycles. The molecule has 6 nitrogen and oxygen atoms in total. The molecule has 0 aliphatic heterocycles. The first kappa shape index (κ1) is 9.60. The molecule has 0 aliphatic carbocycles. The van der Waals surface area contributed by atoms with Crippen LogP contribution in [0.5, 0.6) is 0 Å². The van der Waals surface area contributed by atoms with Crippen LogP contribution in [0, 0.1) is 0 Å². The average molecular weight is 207 g/mol. The summed E-state index contributed by atoms with van der Waals surface area (Å²) in [5.74, 6) is -1.05. The lowest BCUT2D eigenvalue weighted by Gasteiger charge is -2.06. The Morgan fingerprint density at radius 3 is 3.07 bits per heavy atom. The summed E-state index contributed by atoms with van der Waals surface area (Å²) in [6.07, 6.45) is 4.77. The summed E-state index contributed by atoms with van der Waals surface area (Å²) >= 11 is 0. The third kappa shape index (κ3) is 1.79. The van der Waals surface area contributed by atoms with Crippen molar-refractivity contribution >= 4 is 11.6 Å². The summed E-state index contributed by atoms with van der Waals surface area (Å²) in [5.41, 5.74) is 1.03. The van der Waals surface area contributed by atoms with Gasteiger partial charge in [-0.25, -0.2) is 4.98 Å². The number of aromatic nitrogens is 3. The number of carboxylic acid groups (broad SMARTS) is 1. The molecule has 1 unspecified atom stereocenters. The smallest absolute Gasteiger partial charge is 0.306 e. The number of fused-ring (bicyclic) bond motifs is 1. The van der Waals surface area contributed by atoms with Gasteiger partial charge in [-0.05, 0) is 0 Å². The van der Waals surface area contributed by atoms with Gasteiger partial charge in [0.1, 0.15) is 6.10 Å². The van der Waals surface area contributed by atoms with Crippen molar-refractivity contribution in [1.29, 1.82) is 0 Å². The number of aliphatic carboxylic acids is 1. The lowest BCUT2D eigenvalue weighted by Crippen LogP contribution is -2.07. The van der Waals surface area contributed by atoms with Gasteiger partial charge < -0.3 is 10.2 Å². The molecule has 2 aromatic heterocycles. The van der Waals surface area contributed by atoms with E-state index in [1.807, 2.05) is 0 Å². The van der Waals surface area contributed by atoms with Gasteiger partial charge in [-0.2, -0.15) is 0 Å². The molecule has 2 rings (SSSR count). The van der Waals surface area contributed by atoms with Crippen molar-refractivity contribution in [3.8, 4) is 0 Å². The molecule has 15 heavy (non-hydrogen) atoms. The van der Waals surface area contributed by atoms with Crippen LogP contribution in [-0.2, 0) is 4.79 Å². The number of aliphatic hydroxyl groups is 1. The number of carboxylic acids is 1. The number of aliphatic hydroxyl groups excluding tert-OH is 1. The molecule has 0 bridgehead atoms. The van der Waals surface area contributed by atoms with Crippen LogP contribution >= 0.6 is 0 Å². The highest BCUT2D eigenvalue weighted by Crippen LogP contribution is 2.17. The fourth-order valence-corrected chi connectivity index (χ4v) is 1.38. The van der Waals surface area contributed by atoms with Crippen LogP contribution in [0.2, 0.25) is 0 Å². The van der Waals surface area contributed by atoms with Crippen molar-refractivity contribution < 1.29 is 15.0 Å². The van der Waals surface area contributed by atoms with Crippen molar-refractivity contribution in [2.75, 3.05) is 0 Å². The van der Waals surface area contributed by atoms with Crippen LogP contribution < -0.4 is 0 Å². The molecular formula is C9H9N3O3. The topological polar surface area (TPSA) is 87.7 Å². The SMILES string of the molecule is O=C(O)CC(O)c1cnc2cnccn12. The highest BCUT2D eigenvalue weighted by atomic mass is 16.4. The van der Waals surface area contributed by atoms with Gasteiger partial charge in [-0.15, -0.1) is 0 Å². The summed E-state index contributed by atoms with van der Waals surface area (Å²) in [6.45, 7) is 0. The summed E-state index contributed by atoms with van der Waals surface area (Å²) in [5, 5.41) is 18.2. The van der Waals surface area contributed by atoms with Crippen molar-refractivity contribution in [3.63, 3.8) is 0 Å². The lowest BCUT2D eigenvalue weighted by atomic mass is 10.2. The minimum absolute atomic E-state index is 0.337.